The van der Waals surface area contributed by atoms with Crippen LogP contribution in [0.15, 0.2) is 0 Å². The fourth-order valence-corrected chi connectivity index (χ4v) is 4.29. The number of rotatable bonds is 4. The summed E-state index contributed by atoms with van der Waals surface area (Å²) in [4.78, 5) is 0. The summed E-state index contributed by atoms with van der Waals surface area (Å²) in [6.07, 6.45) is 8.44. The third-order valence-electron chi connectivity index (χ3n) is 4.46. The zero-order valence-corrected chi connectivity index (χ0v) is 12.5. The monoisotopic (exact) mass is 237 g/mol. The van der Waals surface area contributed by atoms with Crippen molar-refractivity contribution in [3.05, 3.63) is 0 Å². The molecule has 2 aliphatic carbocycles. The van der Waals surface area contributed by atoms with Crippen LogP contribution in [0.5, 0.6) is 0 Å². The molecule has 0 aromatic rings. The van der Waals surface area contributed by atoms with Gasteiger partial charge >= 0.3 is 0 Å². The molecule has 0 bridgehead atoms. The van der Waals surface area contributed by atoms with Gasteiger partial charge in [0.25, 0.3) is 0 Å². The molecule has 17 heavy (non-hydrogen) atoms. The summed E-state index contributed by atoms with van der Waals surface area (Å²) >= 11 is 0. The highest BCUT2D eigenvalue weighted by atomic mass is 15.0. The minimum absolute atomic E-state index is 0.513. The Kier molecular flexibility index (Phi) is 3.60. The predicted molar refractivity (Wildman–Crippen MR) is 75.1 cm³/mol. The van der Waals surface area contributed by atoms with Crippen LogP contribution in [0, 0.1) is 16.7 Å². The van der Waals surface area contributed by atoms with Crippen LogP contribution in [0.25, 0.3) is 0 Å². The number of nitrogens with one attached hydrogen (secondary N) is 1. The van der Waals surface area contributed by atoms with E-state index in [-0.39, 0.29) is 0 Å². The zero-order chi connectivity index (χ0) is 12.7. The summed E-state index contributed by atoms with van der Waals surface area (Å²) in [6, 6.07) is 1.46. The van der Waals surface area contributed by atoms with Crippen LogP contribution in [-0.2, 0) is 0 Å². The summed E-state index contributed by atoms with van der Waals surface area (Å²) in [5.41, 5.74) is 1.03. The van der Waals surface area contributed by atoms with Crippen LogP contribution >= 0.6 is 0 Å². The molecule has 1 atom stereocenters. The Bertz CT molecular complexity index is 247. The Morgan fingerprint density at radius 3 is 2.06 bits per heavy atom. The highest BCUT2D eigenvalue weighted by molar-refractivity contribution is 4.93. The molecule has 2 rings (SSSR count). The average molecular weight is 237 g/mol. The smallest absolute Gasteiger partial charge is 0.00797 e. The molecule has 0 amide bonds. The van der Waals surface area contributed by atoms with Crippen molar-refractivity contribution in [1.29, 1.82) is 0 Å². The summed E-state index contributed by atoms with van der Waals surface area (Å²) in [7, 11) is 0. The van der Waals surface area contributed by atoms with E-state index in [0.29, 0.717) is 10.8 Å². The van der Waals surface area contributed by atoms with E-state index < -0.39 is 0 Å². The molecular weight excluding hydrogens is 206 g/mol. The van der Waals surface area contributed by atoms with Gasteiger partial charge in [0.1, 0.15) is 0 Å². The summed E-state index contributed by atoms with van der Waals surface area (Å²) < 4.78 is 0. The largest absolute Gasteiger partial charge is 0.311 e. The Morgan fingerprint density at radius 1 is 1.06 bits per heavy atom. The lowest BCUT2D eigenvalue weighted by atomic mass is 9.63. The van der Waals surface area contributed by atoms with Gasteiger partial charge in [0.15, 0.2) is 0 Å². The summed E-state index contributed by atoms with van der Waals surface area (Å²) in [5.74, 6) is 1.04. The van der Waals surface area contributed by atoms with E-state index >= 15 is 0 Å². The molecule has 0 heterocycles. The minimum atomic E-state index is 0.513. The summed E-state index contributed by atoms with van der Waals surface area (Å²) in [5, 5.41) is 3.90. The lowest BCUT2D eigenvalue weighted by Crippen LogP contribution is -2.46. The third-order valence-corrected chi connectivity index (χ3v) is 4.46. The van der Waals surface area contributed by atoms with Crippen molar-refractivity contribution in [2.24, 2.45) is 16.7 Å². The quantitative estimate of drug-likeness (QED) is 0.765. The molecule has 1 nitrogen and oxygen atoms in total. The van der Waals surface area contributed by atoms with Crippen molar-refractivity contribution < 1.29 is 0 Å². The lowest BCUT2D eigenvalue weighted by molar-refractivity contribution is 0.0804. The Balaban J connectivity index is 1.86. The van der Waals surface area contributed by atoms with E-state index in [2.05, 4.69) is 39.9 Å². The van der Waals surface area contributed by atoms with E-state index in [1.807, 2.05) is 0 Å². The van der Waals surface area contributed by atoms with Gasteiger partial charge in [0, 0.05) is 12.1 Å². The van der Waals surface area contributed by atoms with Crippen molar-refractivity contribution in [1.82, 2.24) is 5.32 Å². The van der Waals surface area contributed by atoms with Crippen molar-refractivity contribution in [3.63, 3.8) is 0 Å². The van der Waals surface area contributed by atoms with E-state index in [1.54, 1.807) is 0 Å². The van der Waals surface area contributed by atoms with Gasteiger partial charge in [-0.25, -0.2) is 0 Å². The molecule has 2 fully saturated rings. The zero-order valence-electron chi connectivity index (χ0n) is 12.5. The fraction of sp³-hybridized carbons (Fsp3) is 1.00. The van der Waals surface area contributed by atoms with Gasteiger partial charge in [-0.1, -0.05) is 40.5 Å². The molecule has 2 aliphatic rings. The van der Waals surface area contributed by atoms with Gasteiger partial charge < -0.3 is 5.32 Å². The minimum Gasteiger partial charge on any atom is -0.311 e. The molecule has 0 aliphatic heterocycles. The van der Waals surface area contributed by atoms with Crippen molar-refractivity contribution in [2.75, 3.05) is 0 Å². The third kappa shape index (κ3) is 4.28. The molecule has 0 spiro atoms. The maximum absolute atomic E-state index is 3.90. The summed E-state index contributed by atoms with van der Waals surface area (Å²) in [6.45, 7) is 12.1. The van der Waals surface area contributed by atoms with Crippen LogP contribution < -0.4 is 5.32 Å². The van der Waals surface area contributed by atoms with E-state index in [0.717, 1.165) is 18.0 Å². The van der Waals surface area contributed by atoms with Gasteiger partial charge in [-0.05, 0) is 49.4 Å². The molecule has 0 aromatic heterocycles. The van der Waals surface area contributed by atoms with Gasteiger partial charge in [0.2, 0.25) is 0 Å². The number of hydrogen-bond donors (Lipinski definition) is 1. The van der Waals surface area contributed by atoms with Crippen molar-refractivity contribution in [2.45, 2.75) is 85.2 Å². The first-order chi connectivity index (χ1) is 7.76. The molecule has 0 saturated heterocycles. The molecule has 2 saturated carbocycles. The van der Waals surface area contributed by atoms with Gasteiger partial charge in [-0.2, -0.15) is 0 Å². The lowest BCUT2D eigenvalue weighted by Gasteiger charge is -2.46. The standard InChI is InChI=1S/C16H31N/c1-12(8-13-6-7-13)17-14-9-15(2,3)11-16(4,5)10-14/h12-14,17H,6-11H2,1-5H3. The molecule has 0 radical (unpaired) electrons. The Hall–Kier alpha value is -0.0400. The van der Waals surface area contributed by atoms with Gasteiger partial charge in [-0.3, -0.25) is 0 Å². The van der Waals surface area contributed by atoms with Gasteiger partial charge in [-0.15, -0.1) is 0 Å². The van der Waals surface area contributed by atoms with Crippen LogP contribution in [0.1, 0.15) is 73.1 Å². The van der Waals surface area contributed by atoms with Crippen LogP contribution in [0.2, 0.25) is 0 Å². The second kappa shape index (κ2) is 4.57. The van der Waals surface area contributed by atoms with Crippen LogP contribution in [0.4, 0.5) is 0 Å². The van der Waals surface area contributed by atoms with Crippen LogP contribution in [-0.4, -0.2) is 12.1 Å². The second-order valence-electron chi connectivity index (χ2n) is 8.36. The fourth-order valence-electron chi connectivity index (χ4n) is 4.29. The Morgan fingerprint density at radius 2 is 1.59 bits per heavy atom. The highest BCUT2D eigenvalue weighted by Gasteiger charge is 2.38. The molecule has 1 N–H and O–H groups in total. The molecule has 1 heteroatoms. The average Bonchev–Trinajstić information content (AvgIpc) is 2.80. The molecular formula is C16H31N. The van der Waals surface area contributed by atoms with Gasteiger partial charge in [0.05, 0.1) is 0 Å². The maximum atomic E-state index is 3.90. The first kappa shape index (κ1) is 13.4. The Labute approximate surface area is 108 Å². The van der Waals surface area contributed by atoms with Crippen LogP contribution in [0.3, 0.4) is 0 Å². The SMILES string of the molecule is CC(CC1CC1)NC1CC(C)(C)CC(C)(C)C1. The molecule has 100 valence electrons. The molecule has 1 unspecified atom stereocenters. The predicted octanol–water partition coefficient (Wildman–Crippen LogP) is 4.37. The van der Waals surface area contributed by atoms with E-state index in [9.17, 15) is 0 Å². The van der Waals surface area contributed by atoms with E-state index in [1.165, 1.54) is 38.5 Å². The van der Waals surface area contributed by atoms with E-state index in [4.69, 9.17) is 0 Å². The first-order valence-electron chi connectivity index (χ1n) is 7.52. The first-order valence-corrected chi connectivity index (χ1v) is 7.52. The van der Waals surface area contributed by atoms with Crippen molar-refractivity contribution >= 4 is 0 Å². The number of hydrogen-bond acceptors (Lipinski definition) is 1. The normalized spacial score (nSPS) is 30.2. The highest BCUT2D eigenvalue weighted by Crippen LogP contribution is 2.46. The van der Waals surface area contributed by atoms with Crippen molar-refractivity contribution in [3.8, 4) is 0 Å². The second-order valence-corrected chi connectivity index (χ2v) is 8.36. The maximum Gasteiger partial charge on any atom is 0.00797 e. The molecule has 0 aromatic carbocycles. The topological polar surface area (TPSA) is 12.0 Å².